The minimum atomic E-state index is -0.0815. The summed E-state index contributed by atoms with van der Waals surface area (Å²) in [4.78, 5) is 27.2. The molecule has 0 radical (unpaired) electrons. The number of piperidine rings is 1. The van der Waals surface area contributed by atoms with Gasteiger partial charge in [-0.25, -0.2) is 0 Å². The number of nitrogens with one attached hydrogen (secondary N) is 1. The number of carbonyl (C=O) groups is 2. The van der Waals surface area contributed by atoms with E-state index < -0.39 is 0 Å². The van der Waals surface area contributed by atoms with E-state index in [-0.39, 0.29) is 17.7 Å². The van der Waals surface area contributed by atoms with E-state index in [1.807, 2.05) is 23.1 Å². The fourth-order valence-electron chi connectivity index (χ4n) is 3.81. The van der Waals surface area contributed by atoms with E-state index in [4.69, 9.17) is 9.26 Å². The second-order valence-corrected chi connectivity index (χ2v) is 8.01. The van der Waals surface area contributed by atoms with Crippen LogP contribution >= 0.6 is 0 Å². The summed E-state index contributed by atoms with van der Waals surface area (Å²) < 4.78 is 11.2. The van der Waals surface area contributed by atoms with Crippen LogP contribution in [0.1, 0.15) is 57.9 Å². The Morgan fingerprint density at radius 2 is 2.03 bits per heavy atom. The summed E-state index contributed by atoms with van der Waals surface area (Å²) in [6.07, 6.45) is 4.01. The Bertz CT molecular complexity index is 884. The van der Waals surface area contributed by atoms with Gasteiger partial charge in [-0.3, -0.25) is 9.59 Å². The van der Waals surface area contributed by atoms with E-state index >= 15 is 0 Å². The zero-order chi connectivity index (χ0) is 20.4. The third-order valence-electron chi connectivity index (χ3n) is 5.57. The number of aromatic nitrogens is 1. The average molecular weight is 397 g/mol. The predicted molar refractivity (Wildman–Crippen MR) is 107 cm³/mol. The Kier molecular flexibility index (Phi) is 5.56. The molecule has 1 N–H and O–H groups in total. The zero-order valence-electron chi connectivity index (χ0n) is 16.9. The van der Waals surface area contributed by atoms with Gasteiger partial charge < -0.3 is 19.5 Å². The van der Waals surface area contributed by atoms with Crippen LogP contribution in [0.25, 0.3) is 0 Å². The Morgan fingerprint density at radius 1 is 1.24 bits per heavy atom. The number of benzene rings is 1. The van der Waals surface area contributed by atoms with Crippen LogP contribution in [0.5, 0.6) is 5.75 Å². The van der Waals surface area contributed by atoms with Crippen molar-refractivity contribution in [3.05, 3.63) is 46.8 Å². The maximum atomic E-state index is 12.9. The first kappa shape index (κ1) is 19.5. The van der Waals surface area contributed by atoms with Crippen LogP contribution < -0.4 is 10.1 Å². The Hall–Kier alpha value is -2.83. The van der Waals surface area contributed by atoms with E-state index in [0.717, 1.165) is 32.2 Å². The SMILES string of the molecule is Cc1noc(C)c1C(=O)N1CCCC(COc2ccccc2C(=O)NC2CC2)C1. The maximum Gasteiger partial charge on any atom is 0.259 e. The summed E-state index contributed by atoms with van der Waals surface area (Å²) in [5.74, 6) is 1.26. The van der Waals surface area contributed by atoms with Gasteiger partial charge >= 0.3 is 0 Å². The molecule has 7 heteroatoms. The highest BCUT2D eigenvalue weighted by atomic mass is 16.5. The van der Waals surface area contributed by atoms with Crippen molar-refractivity contribution in [3.8, 4) is 5.75 Å². The number of ether oxygens (including phenoxy) is 1. The third kappa shape index (κ3) is 4.44. The molecule has 1 saturated carbocycles. The lowest BCUT2D eigenvalue weighted by Crippen LogP contribution is -2.42. The van der Waals surface area contributed by atoms with Gasteiger partial charge in [0.05, 0.1) is 17.9 Å². The lowest BCUT2D eigenvalue weighted by atomic mass is 9.98. The van der Waals surface area contributed by atoms with Crippen LogP contribution in [0.2, 0.25) is 0 Å². The quantitative estimate of drug-likeness (QED) is 0.810. The summed E-state index contributed by atoms with van der Waals surface area (Å²) in [5.41, 5.74) is 1.76. The zero-order valence-corrected chi connectivity index (χ0v) is 16.9. The normalized spacial score (nSPS) is 19.1. The summed E-state index contributed by atoms with van der Waals surface area (Å²) in [6.45, 7) is 5.37. The molecule has 2 aliphatic rings. The van der Waals surface area contributed by atoms with E-state index in [1.165, 1.54) is 0 Å². The van der Waals surface area contributed by atoms with Crippen molar-refractivity contribution in [2.75, 3.05) is 19.7 Å². The molecule has 4 rings (SSSR count). The molecule has 2 heterocycles. The number of likely N-dealkylation sites (tertiary alicyclic amines) is 1. The van der Waals surface area contributed by atoms with Crippen LogP contribution in [0.3, 0.4) is 0 Å². The highest BCUT2D eigenvalue weighted by Gasteiger charge is 2.29. The number of amides is 2. The Morgan fingerprint density at radius 3 is 2.76 bits per heavy atom. The molecule has 154 valence electrons. The van der Waals surface area contributed by atoms with E-state index in [9.17, 15) is 9.59 Å². The number of nitrogens with zero attached hydrogens (tertiary/aromatic N) is 2. The van der Waals surface area contributed by atoms with Gasteiger partial charge in [-0.15, -0.1) is 0 Å². The molecule has 1 atom stereocenters. The van der Waals surface area contributed by atoms with Gasteiger partial charge in [0.2, 0.25) is 0 Å². The fraction of sp³-hybridized carbons (Fsp3) is 0.500. The summed E-state index contributed by atoms with van der Waals surface area (Å²) in [7, 11) is 0. The fourth-order valence-corrected chi connectivity index (χ4v) is 3.81. The van der Waals surface area contributed by atoms with Gasteiger partial charge in [-0.2, -0.15) is 0 Å². The molecule has 2 fully saturated rings. The molecule has 1 aromatic heterocycles. The lowest BCUT2D eigenvalue weighted by molar-refractivity contribution is 0.0630. The molecule has 0 spiro atoms. The van der Waals surface area contributed by atoms with Crippen LogP contribution in [0.4, 0.5) is 0 Å². The molecule has 7 nitrogen and oxygen atoms in total. The summed E-state index contributed by atoms with van der Waals surface area (Å²) in [6, 6.07) is 7.65. The van der Waals surface area contributed by atoms with Gasteiger partial charge in [0.25, 0.3) is 11.8 Å². The monoisotopic (exact) mass is 397 g/mol. The van der Waals surface area contributed by atoms with Gasteiger partial charge in [-0.05, 0) is 51.7 Å². The molecular formula is C22H27N3O4. The number of aryl methyl sites for hydroxylation is 2. The first-order valence-corrected chi connectivity index (χ1v) is 10.3. The van der Waals surface area contributed by atoms with Crippen LogP contribution in [-0.2, 0) is 0 Å². The summed E-state index contributed by atoms with van der Waals surface area (Å²) in [5, 5.41) is 6.90. The first-order valence-electron chi connectivity index (χ1n) is 10.3. The number of hydrogen-bond acceptors (Lipinski definition) is 5. The standard InChI is InChI=1S/C22H27N3O4/c1-14-20(15(2)29-24-14)22(27)25-11-5-6-16(12-25)13-28-19-8-4-3-7-18(19)21(26)23-17-9-10-17/h3-4,7-8,16-17H,5-6,9-13H2,1-2H3,(H,23,26). The molecule has 1 unspecified atom stereocenters. The molecular weight excluding hydrogens is 370 g/mol. The first-order chi connectivity index (χ1) is 14.0. The molecule has 1 saturated heterocycles. The predicted octanol–water partition coefficient (Wildman–Crippen LogP) is 3.11. The molecule has 2 aromatic rings. The van der Waals surface area contributed by atoms with Crippen LogP contribution in [0, 0.1) is 19.8 Å². The minimum absolute atomic E-state index is 0.0323. The smallest absolute Gasteiger partial charge is 0.259 e. The Labute approximate surface area is 170 Å². The minimum Gasteiger partial charge on any atom is -0.492 e. The average Bonchev–Trinajstić information content (AvgIpc) is 3.48. The van der Waals surface area contributed by atoms with E-state index in [1.54, 1.807) is 19.9 Å². The molecule has 1 aliphatic heterocycles. The van der Waals surface area contributed by atoms with Crippen LogP contribution in [0.15, 0.2) is 28.8 Å². The van der Waals surface area contributed by atoms with Gasteiger partial charge in [0, 0.05) is 25.0 Å². The highest BCUT2D eigenvalue weighted by Crippen LogP contribution is 2.25. The summed E-state index contributed by atoms with van der Waals surface area (Å²) >= 11 is 0. The van der Waals surface area contributed by atoms with Gasteiger partial charge in [-0.1, -0.05) is 17.3 Å². The number of hydrogen-bond donors (Lipinski definition) is 1. The van der Waals surface area contributed by atoms with Crippen molar-refractivity contribution in [2.45, 2.75) is 45.6 Å². The molecule has 29 heavy (non-hydrogen) atoms. The lowest BCUT2D eigenvalue weighted by Gasteiger charge is -2.32. The largest absolute Gasteiger partial charge is 0.492 e. The van der Waals surface area contributed by atoms with E-state index in [0.29, 0.717) is 47.5 Å². The maximum absolute atomic E-state index is 12.9. The van der Waals surface area contributed by atoms with E-state index in [2.05, 4.69) is 10.5 Å². The second kappa shape index (κ2) is 8.27. The highest BCUT2D eigenvalue weighted by molar-refractivity contribution is 5.97. The van der Waals surface area contributed by atoms with Crippen molar-refractivity contribution in [1.29, 1.82) is 0 Å². The van der Waals surface area contributed by atoms with Crippen molar-refractivity contribution in [3.63, 3.8) is 0 Å². The topological polar surface area (TPSA) is 84.7 Å². The Balaban J connectivity index is 1.38. The number of carbonyl (C=O) groups excluding carboxylic acids is 2. The van der Waals surface area contributed by atoms with Crippen molar-refractivity contribution >= 4 is 11.8 Å². The molecule has 1 aliphatic carbocycles. The second-order valence-electron chi connectivity index (χ2n) is 8.01. The van der Waals surface area contributed by atoms with Gasteiger partial charge in [0.15, 0.2) is 0 Å². The van der Waals surface area contributed by atoms with Crippen molar-refractivity contribution in [1.82, 2.24) is 15.4 Å². The molecule has 0 bridgehead atoms. The number of para-hydroxylation sites is 1. The van der Waals surface area contributed by atoms with Gasteiger partial charge in [0.1, 0.15) is 17.1 Å². The van der Waals surface area contributed by atoms with Crippen LogP contribution in [-0.4, -0.2) is 47.6 Å². The third-order valence-corrected chi connectivity index (χ3v) is 5.57. The number of rotatable bonds is 6. The molecule has 2 amide bonds. The van der Waals surface area contributed by atoms with Crippen molar-refractivity contribution < 1.29 is 18.8 Å². The van der Waals surface area contributed by atoms with Crippen molar-refractivity contribution in [2.24, 2.45) is 5.92 Å². The molecule has 1 aromatic carbocycles.